The molecule has 2 aliphatic rings. The number of nitrogens with one attached hydrogen (secondary N) is 1. The van der Waals surface area contributed by atoms with Crippen LogP contribution in [0.15, 0.2) is 24.3 Å². The molecule has 7 heteroatoms. The summed E-state index contributed by atoms with van der Waals surface area (Å²) in [6.45, 7) is 3.33. The fourth-order valence-corrected chi connectivity index (χ4v) is 4.43. The predicted octanol–water partition coefficient (Wildman–Crippen LogP) is 2.98. The van der Waals surface area contributed by atoms with E-state index >= 15 is 0 Å². The number of piperidine rings is 1. The minimum atomic E-state index is -0.249. The van der Waals surface area contributed by atoms with E-state index in [-0.39, 0.29) is 17.6 Å². The van der Waals surface area contributed by atoms with Gasteiger partial charge in [-0.3, -0.25) is 4.79 Å². The van der Waals surface area contributed by atoms with Gasteiger partial charge in [-0.05, 0) is 44.0 Å². The number of amides is 1. The molecule has 160 valence electrons. The fourth-order valence-electron chi connectivity index (χ4n) is 4.43. The van der Waals surface area contributed by atoms with Crippen LogP contribution in [0.5, 0.6) is 0 Å². The zero-order chi connectivity index (χ0) is 21.1. The third kappa shape index (κ3) is 4.61. The summed E-state index contributed by atoms with van der Waals surface area (Å²) >= 11 is 0. The number of halogens is 1. The van der Waals surface area contributed by atoms with Crippen molar-refractivity contribution >= 4 is 11.7 Å². The van der Waals surface area contributed by atoms with Crippen molar-refractivity contribution in [2.45, 2.75) is 44.6 Å². The Kier molecular flexibility index (Phi) is 6.27. The second-order valence-corrected chi connectivity index (χ2v) is 8.40. The fraction of sp³-hybridized carbons (Fsp3) is 0.522. The molecular weight excluding hydrogens is 381 g/mol. The van der Waals surface area contributed by atoms with E-state index in [0.29, 0.717) is 19.4 Å². The summed E-state index contributed by atoms with van der Waals surface area (Å²) < 4.78 is 13.1. The van der Waals surface area contributed by atoms with Gasteiger partial charge in [0.05, 0.1) is 5.69 Å². The normalized spacial score (nSPS) is 19.4. The first-order chi connectivity index (χ1) is 14.5. The largest absolute Gasteiger partial charge is 0.373 e. The smallest absolute Gasteiger partial charge is 0.222 e. The van der Waals surface area contributed by atoms with Crippen molar-refractivity contribution in [3.8, 4) is 0 Å². The number of nitrogens with zero attached hydrogens (tertiary/aromatic N) is 4. The number of aryl methyl sites for hydroxylation is 1. The molecule has 1 atom stereocenters. The maximum Gasteiger partial charge on any atom is 0.222 e. The Balaban J connectivity index is 1.43. The number of anilines is 1. The minimum absolute atomic E-state index is 0.150. The summed E-state index contributed by atoms with van der Waals surface area (Å²) in [4.78, 5) is 26.8. The van der Waals surface area contributed by atoms with Crippen LogP contribution in [0.3, 0.4) is 0 Å². The molecule has 0 radical (unpaired) electrons. The SMILES string of the molecule is CNc1nc([C@@H]2CCCN(C(=O)CCc3ccc(F)cc3)C2)nc2c1CN(C)CC2. The Labute approximate surface area is 177 Å². The molecule has 1 amide bonds. The van der Waals surface area contributed by atoms with Crippen LogP contribution >= 0.6 is 0 Å². The van der Waals surface area contributed by atoms with E-state index in [9.17, 15) is 9.18 Å². The van der Waals surface area contributed by atoms with Crippen LogP contribution in [0, 0.1) is 5.82 Å². The van der Waals surface area contributed by atoms with Gasteiger partial charge < -0.3 is 15.1 Å². The van der Waals surface area contributed by atoms with Crippen molar-refractivity contribution in [2.24, 2.45) is 0 Å². The van der Waals surface area contributed by atoms with Crippen LogP contribution in [-0.4, -0.2) is 59.4 Å². The molecule has 2 aromatic rings. The number of carbonyl (C=O) groups excluding carboxylic acids is 1. The van der Waals surface area contributed by atoms with Crippen molar-refractivity contribution in [2.75, 3.05) is 39.0 Å². The lowest BCUT2D eigenvalue weighted by Crippen LogP contribution is -2.40. The molecule has 0 spiro atoms. The van der Waals surface area contributed by atoms with Gasteiger partial charge in [-0.2, -0.15) is 0 Å². The zero-order valence-corrected chi connectivity index (χ0v) is 17.8. The maximum absolute atomic E-state index is 13.1. The highest BCUT2D eigenvalue weighted by Crippen LogP contribution is 2.29. The molecule has 30 heavy (non-hydrogen) atoms. The van der Waals surface area contributed by atoms with Gasteiger partial charge in [-0.1, -0.05) is 12.1 Å². The molecule has 0 saturated carbocycles. The lowest BCUT2D eigenvalue weighted by molar-refractivity contribution is -0.132. The molecule has 4 rings (SSSR count). The topological polar surface area (TPSA) is 61.4 Å². The van der Waals surface area contributed by atoms with Gasteiger partial charge in [0.2, 0.25) is 5.91 Å². The molecular formula is C23H30FN5O. The number of aromatic nitrogens is 2. The van der Waals surface area contributed by atoms with Crippen LogP contribution in [0.1, 0.15) is 47.8 Å². The monoisotopic (exact) mass is 411 g/mol. The number of carbonyl (C=O) groups is 1. The van der Waals surface area contributed by atoms with Crippen molar-refractivity contribution in [3.63, 3.8) is 0 Å². The molecule has 0 bridgehead atoms. The van der Waals surface area contributed by atoms with Gasteiger partial charge in [0, 0.05) is 57.5 Å². The number of rotatable bonds is 5. The summed E-state index contributed by atoms with van der Waals surface area (Å²) in [7, 11) is 4.03. The first-order valence-electron chi connectivity index (χ1n) is 10.8. The number of hydrogen-bond acceptors (Lipinski definition) is 5. The summed E-state index contributed by atoms with van der Waals surface area (Å²) in [6, 6.07) is 6.39. The van der Waals surface area contributed by atoms with Crippen LogP contribution in [0.4, 0.5) is 10.2 Å². The average Bonchev–Trinajstić information content (AvgIpc) is 2.78. The van der Waals surface area contributed by atoms with Gasteiger partial charge >= 0.3 is 0 Å². The molecule has 0 aliphatic carbocycles. The van der Waals surface area contributed by atoms with Crippen LogP contribution < -0.4 is 5.32 Å². The van der Waals surface area contributed by atoms with E-state index in [1.165, 1.54) is 17.7 Å². The minimum Gasteiger partial charge on any atom is -0.373 e. The number of likely N-dealkylation sites (tertiary alicyclic amines) is 1. The third-order valence-electron chi connectivity index (χ3n) is 6.19. The van der Waals surface area contributed by atoms with E-state index < -0.39 is 0 Å². The highest BCUT2D eigenvalue weighted by molar-refractivity contribution is 5.76. The molecule has 0 unspecified atom stereocenters. The molecule has 1 N–H and O–H groups in total. The lowest BCUT2D eigenvalue weighted by atomic mass is 9.95. The first-order valence-corrected chi connectivity index (χ1v) is 10.8. The Morgan fingerprint density at radius 2 is 2.03 bits per heavy atom. The van der Waals surface area contributed by atoms with Crippen molar-refractivity contribution in [1.82, 2.24) is 19.8 Å². The highest BCUT2D eigenvalue weighted by atomic mass is 19.1. The van der Waals surface area contributed by atoms with Crippen molar-refractivity contribution in [1.29, 1.82) is 0 Å². The Morgan fingerprint density at radius 1 is 1.23 bits per heavy atom. The highest BCUT2D eigenvalue weighted by Gasteiger charge is 2.28. The molecule has 6 nitrogen and oxygen atoms in total. The molecule has 1 aromatic heterocycles. The molecule has 1 aromatic carbocycles. The van der Waals surface area contributed by atoms with E-state index in [0.717, 1.165) is 61.8 Å². The molecule has 1 saturated heterocycles. The summed E-state index contributed by atoms with van der Waals surface area (Å²) in [5, 5.41) is 3.25. The van der Waals surface area contributed by atoms with Gasteiger partial charge in [0.15, 0.2) is 0 Å². The second kappa shape index (κ2) is 9.08. The van der Waals surface area contributed by atoms with E-state index in [1.54, 1.807) is 12.1 Å². The molecule has 3 heterocycles. The average molecular weight is 412 g/mol. The predicted molar refractivity (Wildman–Crippen MR) is 115 cm³/mol. The number of benzene rings is 1. The van der Waals surface area contributed by atoms with Crippen LogP contribution in [-0.2, 0) is 24.2 Å². The summed E-state index contributed by atoms with van der Waals surface area (Å²) in [5.74, 6) is 1.85. The Morgan fingerprint density at radius 3 is 2.80 bits per heavy atom. The number of fused-ring (bicyclic) bond motifs is 1. The standard InChI is InChI=1S/C23H30FN5O/c1-25-23-19-15-28(2)13-11-20(19)26-22(27-23)17-4-3-12-29(14-17)21(30)10-7-16-5-8-18(24)9-6-16/h5-6,8-9,17H,3-4,7,10-15H2,1-2H3,(H,25,26,27)/t17-/m1/s1. The van der Waals surface area contributed by atoms with E-state index in [2.05, 4.69) is 17.3 Å². The van der Waals surface area contributed by atoms with E-state index in [1.807, 2.05) is 11.9 Å². The zero-order valence-electron chi connectivity index (χ0n) is 17.8. The second-order valence-electron chi connectivity index (χ2n) is 8.40. The van der Waals surface area contributed by atoms with Gasteiger partial charge in [-0.15, -0.1) is 0 Å². The first kappa shape index (κ1) is 20.7. The Bertz CT molecular complexity index is 884. The number of hydrogen-bond donors (Lipinski definition) is 1. The summed E-state index contributed by atoms with van der Waals surface area (Å²) in [6.07, 6.45) is 3.97. The quantitative estimate of drug-likeness (QED) is 0.820. The lowest BCUT2D eigenvalue weighted by Gasteiger charge is -2.33. The molecule has 2 aliphatic heterocycles. The maximum atomic E-state index is 13.1. The number of likely N-dealkylation sites (N-methyl/N-ethyl adjacent to an activating group) is 1. The van der Waals surface area contributed by atoms with Crippen LogP contribution in [0.25, 0.3) is 0 Å². The third-order valence-corrected chi connectivity index (χ3v) is 6.19. The van der Waals surface area contributed by atoms with E-state index in [4.69, 9.17) is 9.97 Å². The molecule has 1 fully saturated rings. The van der Waals surface area contributed by atoms with Gasteiger partial charge in [0.1, 0.15) is 17.5 Å². The van der Waals surface area contributed by atoms with Gasteiger partial charge in [-0.25, -0.2) is 14.4 Å². The Hall–Kier alpha value is -2.54. The van der Waals surface area contributed by atoms with Crippen LogP contribution in [0.2, 0.25) is 0 Å². The van der Waals surface area contributed by atoms with Crippen molar-refractivity contribution < 1.29 is 9.18 Å². The summed E-state index contributed by atoms with van der Waals surface area (Å²) in [5.41, 5.74) is 3.32. The van der Waals surface area contributed by atoms with Crippen molar-refractivity contribution in [3.05, 3.63) is 52.7 Å². The van der Waals surface area contributed by atoms with Gasteiger partial charge in [0.25, 0.3) is 0 Å².